The van der Waals surface area contributed by atoms with Gasteiger partial charge in [0.2, 0.25) is 10.0 Å². The van der Waals surface area contributed by atoms with Crippen LogP contribution in [0.1, 0.15) is 11.0 Å². The standard InChI is InChI=1S/C19H16N2O3S2/c22-16(18-11-13-5-1-2-8-17(13)25-18)12-21-26(23,24)19-9-3-7-15-14(19)6-4-10-20-15/h1-11,16,21-22H,12H2/t16-/m1/s1. The number of aliphatic hydroxyl groups excluding tert-OH is 1. The molecule has 1 atom stereocenters. The van der Waals surface area contributed by atoms with Gasteiger partial charge >= 0.3 is 0 Å². The van der Waals surface area contributed by atoms with Crippen molar-refractivity contribution in [3.8, 4) is 0 Å². The Morgan fingerprint density at radius 3 is 2.77 bits per heavy atom. The van der Waals surface area contributed by atoms with Crippen LogP contribution in [0.15, 0.2) is 71.8 Å². The van der Waals surface area contributed by atoms with Gasteiger partial charge in [0.1, 0.15) is 6.10 Å². The molecule has 0 saturated carbocycles. The van der Waals surface area contributed by atoms with E-state index in [0.29, 0.717) is 10.9 Å². The van der Waals surface area contributed by atoms with Crippen LogP contribution in [0, 0.1) is 0 Å². The summed E-state index contributed by atoms with van der Waals surface area (Å²) in [6, 6.07) is 18.1. The molecule has 5 nitrogen and oxygen atoms in total. The monoisotopic (exact) mass is 384 g/mol. The number of nitrogens with one attached hydrogen (secondary N) is 1. The Balaban J connectivity index is 1.57. The summed E-state index contributed by atoms with van der Waals surface area (Å²) in [4.78, 5) is 5.07. The van der Waals surface area contributed by atoms with E-state index in [1.54, 1.807) is 30.5 Å². The molecule has 4 aromatic rings. The van der Waals surface area contributed by atoms with Gasteiger partial charge in [-0.15, -0.1) is 11.3 Å². The van der Waals surface area contributed by atoms with Gasteiger partial charge in [0.25, 0.3) is 0 Å². The van der Waals surface area contributed by atoms with Crippen LogP contribution in [0.2, 0.25) is 0 Å². The van der Waals surface area contributed by atoms with E-state index < -0.39 is 16.1 Å². The van der Waals surface area contributed by atoms with Crippen molar-refractivity contribution in [1.82, 2.24) is 9.71 Å². The van der Waals surface area contributed by atoms with E-state index in [1.807, 2.05) is 30.3 Å². The third-order valence-corrected chi connectivity index (χ3v) is 6.83. The normalized spacial score (nSPS) is 13.3. The van der Waals surface area contributed by atoms with Crippen LogP contribution >= 0.6 is 11.3 Å². The minimum Gasteiger partial charge on any atom is -0.386 e. The minimum absolute atomic E-state index is 0.0915. The molecule has 4 rings (SSSR count). The van der Waals surface area contributed by atoms with E-state index in [-0.39, 0.29) is 11.4 Å². The second kappa shape index (κ2) is 6.77. The van der Waals surface area contributed by atoms with Crippen LogP contribution in [0.25, 0.3) is 21.0 Å². The van der Waals surface area contributed by atoms with Crippen molar-refractivity contribution in [3.05, 3.63) is 71.7 Å². The van der Waals surface area contributed by atoms with Gasteiger partial charge in [0, 0.05) is 27.7 Å². The van der Waals surface area contributed by atoms with E-state index in [9.17, 15) is 13.5 Å². The van der Waals surface area contributed by atoms with Crippen LogP contribution in [0.3, 0.4) is 0 Å². The summed E-state index contributed by atoms with van der Waals surface area (Å²) in [5, 5.41) is 12.0. The molecule has 0 aliphatic heterocycles. The Kier molecular flexibility index (Phi) is 4.46. The number of aromatic nitrogens is 1. The lowest BCUT2D eigenvalue weighted by atomic mass is 10.2. The zero-order valence-electron chi connectivity index (χ0n) is 13.7. The largest absolute Gasteiger partial charge is 0.386 e. The molecule has 2 aromatic carbocycles. The predicted molar refractivity (Wildman–Crippen MR) is 104 cm³/mol. The summed E-state index contributed by atoms with van der Waals surface area (Å²) in [7, 11) is -3.77. The average Bonchev–Trinajstić information content (AvgIpc) is 3.10. The molecule has 0 saturated heterocycles. The van der Waals surface area contributed by atoms with Crippen molar-refractivity contribution < 1.29 is 13.5 Å². The van der Waals surface area contributed by atoms with Gasteiger partial charge in [-0.25, -0.2) is 13.1 Å². The highest BCUT2D eigenvalue weighted by Gasteiger charge is 2.20. The van der Waals surface area contributed by atoms with Gasteiger partial charge in [-0.1, -0.05) is 24.3 Å². The fourth-order valence-electron chi connectivity index (χ4n) is 2.84. The molecule has 0 aliphatic carbocycles. The van der Waals surface area contributed by atoms with Gasteiger partial charge in [0.15, 0.2) is 0 Å². The molecule has 0 radical (unpaired) electrons. The maximum atomic E-state index is 12.7. The molecule has 0 spiro atoms. The quantitative estimate of drug-likeness (QED) is 0.552. The summed E-state index contributed by atoms with van der Waals surface area (Å²) >= 11 is 1.46. The Morgan fingerprint density at radius 1 is 1.08 bits per heavy atom. The molecule has 0 unspecified atom stereocenters. The van der Waals surface area contributed by atoms with E-state index >= 15 is 0 Å². The summed E-state index contributed by atoms with van der Waals surface area (Å²) in [5.74, 6) is 0. The number of rotatable bonds is 5. The third kappa shape index (κ3) is 3.22. The SMILES string of the molecule is O=S(=O)(NC[C@@H](O)c1cc2ccccc2s1)c1cccc2ncccc12. The molecule has 0 fully saturated rings. The van der Waals surface area contributed by atoms with E-state index in [1.165, 1.54) is 17.4 Å². The van der Waals surface area contributed by atoms with Crippen molar-refractivity contribution in [1.29, 1.82) is 0 Å². The maximum absolute atomic E-state index is 12.7. The number of benzene rings is 2. The Bertz CT molecular complexity index is 1150. The number of thiophene rings is 1. The summed E-state index contributed by atoms with van der Waals surface area (Å²) in [5.41, 5.74) is 0.612. The summed E-state index contributed by atoms with van der Waals surface area (Å²) in [6.07, 6.45) is 0.715. The van der Waals surface area contributed by atoms with E-state index in [4.69, 9.17) is 0 Å². The molecule has 0 bridgehead atoms. The molecule has 7 heteroatoms. The number of fused-ring (bicyclic) bond motifs is 2. The molecule has 132 valence electrons. The lowest BCUT2D eigenvalue weighted by Crippen LogP contribution is -2.28. The van der Waals surface area contributed by atoms with Gasteiger partial charge < -0.3 is 5.11 Å². The van der Waals surface area contributed by atoms with Crippen LogP contribution in [-0.4, -0.2) is 25.1 Å². The molecular formula is C19H16N2O3S2. The average molecular weight is 384 g/mol. The van der Waals surface area contributed by atoms with Gasteiger partial charge in [-0.05, 0) is 41.8 Å². The molecule has 2 N–H and O–H groups in total. The smallest absolute Gasteiger partial charge is 0.241 e. The first-order chi connectivity index (χ1) is 12.5. The predicted octanol–water partition coefficient (Wildman–Crippen LogP) is 3.46. The van der Waals surface area contributed by atoms with E-state index in [2.05, 4.69) is 9.71 Å². The third-order valence-electron chi connectivity index (χ3n) is 4.13. The first kappa shape index (κ1) is 17.1. The van der Waals surface area contributed by atoms with E-state index in [0.717, 1.165) is 15.0 Å². The molecule has 26 heavy (non-hydrogen) atoms. The highest BCUT2D eigenvalue weighted by molar-refractivity contribution is 7.89. The van der Waals surface area contributed by atoms with Crippen molar-refractivity contribution in [2.24, 2.45) is 0 Å². The fourth-order valence-corrected chi connectivity index (χ4v) is 5.15. The highest BCUT2D eigenvalue weighted by atomic mass is 32.2. The first-order valence-electron chi connectivity index (χ1n) is 8.04. The second-order valence-corrected chi connectivity index (χ2v) is 8.73. The Labute approximate surface area is 155 Å². The zero-order valence-corrected chi connectivity index (χ0v) is 15.3. The number of hydrogen-bond acceptors (Lipinski definition) is 5. The van der Waals surface area contributed by atoms with Crippen LogP contribution in [0.4, 0.5) is 0 Å². The summed E-state index contributed by atoms with van der Waals surface area (Å²) < 4.78 is 29.0. The highest BCUT2D eigenvalue weighted by Crippen LogP contribution is 2.30. The van der Waals surface area contributed by atoms with Crippen LogP contribution in [0.5, 0.6) is 0 Å². The van der Waals surface area contributed by atoms with Crippen molar-refractivity contribution in [2.45, 2.75) is 11.0 Å². The van der Waals surface area contributed by atoms with Gasteiger partial charge in [-0.3, -0.25) is 4.98 Å². The fraction of sp³-hybridized carbons (Fsp3) is 0.105. The number of hydrogen-bond donors (Lipinski definition) is 2. The molecular weight excluding hydrogens is 368 g/mol. The van der Waals surface area contributed by atoms with Crippen LogP contribution < -0.4 is 4.72 Å². The molecule has 2 aromatic heterocycles. The lowest BCUT2D eigenvalue weighted by molar-refractivity contribution is 0.186. The Hall–Kier alpha value is -2.32. The van der Waals surface area contributed by atoms with Crippen molar-refractivity contribution in [2.75, 3.05) is 6.54 Å². The Morgan fingerprint density at radius 2 is 1.92 bits per heavy atom. The second-order valence-electron chi connectivity index (χ2n) is 5.88. The molecule has 2 heterocycles. The van der Waals surface area contributed by atoms with Gasteiger partial charge in [-0.2, -0.15) is 0 Å². The van der Waals surface area contributed by atoms with Crippen LogP contribution in [-0.2, 0) is 10.0 Å². The zero-order chi connectivity index (χ0) is 18.1. The van der Waals surface area contributed by atoms with Crippen molar-refractivity contribution >= 4 is 42.3 Å². The number of pyridine rings is 1. The van der Waals surface area contributed by atoms with Crippen molar-refractivity contribution in [3.63, 3.8) is 0 Å². The maximum Gasteiger partial charge on any atom is 0.241 e. The number of aliphatic hydroxyl groups is 1. The van der Waals surface area contributed by atoms with Gasteiger partial charge in [0.05, 0.1) is 10.4 Å². The summed E-state index contributed by atoms with van der Waals surface area (Å²) in [6.45, 7) is -0.0915. The first-order valence-corrected chi connectivity index (χ1v) is 10.3. The lowest BCUT2D eigenvalue weighted by Gasteiger charge is -2.12. The number of nitrogens with zero attached hydrogens (tertiary/aromatic N) is 1. The molecule has 0 amide bonds. The number of sulfonamides is 1. The molecule has 0 aliphatic rings. The minimum atomic E-state index is -3.77. The topological polar surface area (TPSA) is 79.3 Å².